The van der Waals surface area contributed by atoms with Crippen molar-refractivity contribution in [3.05, 3.63) is 99.6 Å². The molecule has 0 fully saturated rings. The molecule has 0 spiro atoms. The minimum absolute atomic E-state index is 0.106. The summed E-state index contributed by atoms with van der Waals surface area (Å²) in [4.78, 5) is 25.0. The second-order valence-corrected chi connectivity index (χ2v) is 15.5. The van der Waals surface area contributed by atoms with Crippen LogP contribution in [0.1, 0.15) is 86.8 Å². The highest BCUT2D eigenvalue weighted by molar-refractivity contribution is 8.22. The largest absolute Gasteiger partial charge is 0.466 e. The summed E-state index contributed by atoms with van der Waals surface area (Å²) in [6, 6.07) is 14.6. The molecule has 1 heterocycles. The summed E-state index contributed by atoms with van der Waals surface area (Å²) in [5.41, 5.74) is 3.88. The lowest BCUT2D eigenvalue weighted by atomic mass is 9.86. The van der Waals surface area contributed by atoms with Crippen LogP contribution in [0.15, 0.2) is 59.5 Å². The van der Waals surface area contributed by atoms with Crippen molar-refractivity contribution >= 4 is 22.8 Å². The van der Waals surface area contributed by atoms with Crippen molar-refractivity contribution in [2.24, 2.45) is 5.92 Å². The number of nitrogens with zero attached hydrogens (tertiary/aromatic N) is 1. The van der Waals surface area contributed by atoms with Gasteiger partial charge in [-0.25, -0.2) is 13.6 Å². The molecule has 3 N–H and O–H groups in total. The zero-order valence-electron chi connectivity index (χ0n) is 28.6. The van der Waals surface area contributed by atoms with Gasteiger partial charge in [0.15, 0.2) is 0 Å². The average molecular weight is 687 g/mol. The predicted molar refractivity (Wildman–Crippen MR) is 184 cm³/mol. The number of ether oxygens (including phenoxy) is 2. The third-order valence-electron chi connectivity index (χ3n) is 8.31. The van der Waals surface area contributed by atoms with Crippen LogP contribution in [-0.4, -0.2) is 50.8 Å². The number of nitrogens with one attached hydrogen (secondary N) is 1. The fourth-order valence-corrected chi connectivity index (χ4v) is 7.85. The molecule has 0 radical (unpaired) electrons. The number of fused-ring (bicyclic) bond motifs is 1. The van der Waals surface area contributed by atoms with Crippen molar-refractivity contribution in [3.63, 3.8) is 0 Å². The van der Waals surface area contributed by atoms with Gasteiger partial charge in [0.2, 0.25) is 0 Å². The number of carbonyl (C=O) groups is 2. The third-order valence-corrected chi connectivity index (χ3v) is 10.3. The second kappa shape index (κ2) is 15.8. The molecule has 1 aliphatic heterocycles. The summed E-state index contributed by atoms with van der Waals surface area (Å²) < 4.78 is 64.5. The van der Waals surface area contributed by atoms with Crippen LogP contribution in [0.3, 0.4) is 0 Å². The average Bonchev–Trinajstić information content (AvgIpc) is 3.07. The summed E-state index contributed by atoms with van der Waals surface area (Å²) in [5, 5.41) is 2.77. The Labute approximate surface area is 284 Å². The maximum atomic E-state index is 15.0. The van der Waals surface area contributed by atoms with Crippen molar-refractivity contribution in [2.75, 3.05) is 19.7 Å². The van der Waals surface area contributed by atoms with Gasteiger partial charge in [-0.1, -0.05) is 43.3 Å². The summed E-state index contributed by atoms with van der Waals surface area (Å²) >= 11 is 0. The number of aryl methyl sites for hydroxylation is 2. The van der Waals surface area contributed by atoms with Gasteiger partial charge in [-0.2, -0.15) is 4.31 Å². The first-order valence-electron chi connectivity index (χ1n) is 16.4. The van der Waals surface area contributed by atoms with Gasteiger partial charge in [-0.3, -0.25) is 13.9 Å². The van der Waals surface area contributed by atoms with E-state index in [1.165, 1.54) is 12.1 Å². The fraction of sp³-hybridized carbons (Fsp3) is 0.459. The molecule has 0 aromatic heterocycles. The number of esters is 1. The van der Waals surface area contributed by atoms with E-state index in [0.29, 0.717) is 42.8 Å². The fourth-order valence-electron chi connectivity index (χ4n) is 6.04. The number of hydrogen-bond acceptors (Lipinski definition) is 7. The van der Waals surface area contributed by atoms with Crippen molar-refractivity contribution in [1.29, 1.82) is 0 Å². The number of rotatable bonds is 11. The first-order valence-corrected chi connectivity index (χ1v) is 17.9. The Kier molecular flexibility index (Phi) is 12.3. The molecule has 4 rings (SSSR count). The smallest absolute Gasteiger partial charge is 0.407 e. The van der Waals surface area contributed by atoms with E-state index >= 15 is 4.39 Å². The zero-order chi connectivity index (χ0) is 35.2. The predicted octanol–water partition coefficient (Wildman–Crippen LogP) is 8.53. The van der Waals surface area contributed by atoms with E-state index in [9.17, 15) is 23.1 Å². The number of halogens is 2. The van der Waals surface area contributed by atoms with Crippen molar-refractivity contribution < 1.29 is 36.9 Å². The van der Waals surface area contributed by atoms with E-state index in [1.807, 2.05) is 58.0 Å². The molecule has 1 aliphatic rings. The highest BCUT2D eigenvalue weighted by Crippen LogP contribution is 2.56. The lowest BCUT2D eigenvalue weighted by Gasteiger charge is -2.43. The van der Waals surface area contributed by atoms with Crippen LogP contribution >= 0.6 is 10.8 Å². The van der Waals surface area contributed by atoms with Gasteiger partial charge >= 0.3 is 12.1 Å². The van der Waals surface area contributed by atoms with E-state index in [0.717, 1.165) is 28.3 Å². The molecule has 0 bridgehead atoms. The van der Waals surface area contributed by atoms with Crippen LogP contribution in [0.4, 0.5) is 13.6 Å². The van der Waals surface area contributed by atoms with Crippen LogP contribution in [0.5, 0.6) is 0 Å². The summed E-state index contributed by atoms with van der Waals surface area (Å²) in [7, 11) is -3.38. The molecule has 48 heavy (non-hydrogen) atoms. The normalized spacial score (nSPS) is 17.5. The maximum absolute atomic E-state index is 15.0. The molecule has 8 nitrogen and oxygen atoms in total. The zero-order valence-corrected chi connectivity index (χ0v) is 29.5. The van der Waals surface area contributed by atoms with Crippen molar-refractivity contribution in [3.8, 4) is 0 Å². The lowest BCUT2D eigenvalue weighted by molar-refractivity contribution is -0.143. The van der Waals surface area contributed by atoms with Gasteiger partial charge in [-0.05, 0) is 105 Å². The van der Waals surface area contributed by atoms with Gasteiger partial charge in [0.05, 0.1) is 17.9 Å². The Bertz CT molecular complexity index is 1610. The Hall–Kier alpha value is -3.51. The quantitative estimate of drug-likeness (QED) is 0.137. The minimum Gasteiger partial charge on any atom is -0.466 e. The van der Waals surface area contributed by atoms with Crippen LogP contribution < -0.4 is 5.32 Å². The van der Waals surface area contributed by atoms with Crippen molar-refractivity contribution in [1.82, 2.24) is 9.62 Å². The minimum atomic E-state index is -3.38. The molecule has 2 unspecified atom stereocenters. The van der Waals surface area contributed by atoms with Crippen LogP contribution in [-0.2, 0) is 33.7 Å². The molecule has 0 saturated carbocycles. The van der Waals surface area contributed by atoms with E-state index < -0.39 is 46.0 Å². The molecule has 0 saturated heterocycles. The molecular formula is C37H48F2N2O6S. The Morgan fingerprint density at radius 3 is 2.52 bits per heavy atom. The van der Waals surface area contributed by atoms with Crippen LogP contribution in [0, 0.1) is 24.5 Å². The summed E-state index contributed by atoms with van der Waals surface area (Å²) in [6.07, 6.45) is 1.47. The van der Waals surface area contributed by atoms with E-state index in [4.69, 9.17) is 9.47 Å². The van der Waals surface area contributed by atoms with Gasteiger partial charge in [-0.15, -0.1) is 10.8 Å². The molecule has 2 atom stereocenters. The standard InChI is InChI=1S/C37H48F2N2O6S/c1-7-46-35(42)21-32(31-14-13-30(38)20-33(31)39)27-12-10-25(3)29(19-27)23-41-22-24(2)17-28-18-26(11-15-34(28)48(41,44)45)9-8-16-40-36(43)47-37(4,5)6/h10-15,18-20,24,32,44-45H,7-9,16-17,21-23H2,1-6H3,(H,40,43). The van der Waals surface area contributed by atoms with Crippen LogP contribution in [0.2, 0.25) is 0 Å². The highest BCUT2D eigenvalue weighted by Gasteiger charge is 2.33. The number of benzene rings is 3. The number of amides is 1. The highest BCUT2D eigenvalue weighted by atomic mass is 32.3. The molecule has 3 aromatic rings. The van der Waals surface area contributed by atoms with E-state index in [2.05, 4.69) is 12.2 Å². The molecule has 1 amide bonds. The van der Waals surface area contributed by atoms with Gasteiger partial charge in [0, 0.05) is 31.6 Å². The number of carbonyl (C=O) groups excluding carboxylic acids is 2. The SMILES string of the molecule is CCOC(=O)CC(c1ccc(C)c(CN2CC(C)Cc3cc(CCCNC(=O)OC(C)(C)C)ccc3S2(O)O)c1)c1ccc(F)cc1F. The first-order chi connectivity index (χ1) is 22.6. The van der Waals surface area contributed by atoms with Gasteiger partial charge in [0.25, 0.3) is 0 Å². The maximum Gasteiger partial charge on any atom is 0.407 e. The molecule has 11 heteroatoms. The topological polar surface area (TPSA) is 108 Å². The summed E-state index contributed by atoms with van der Waals surface area (Å²) in [5.74, 6) is -2.59. The third kappa shape index (κ3) is 9.78. The monoisotopic (exact) mass is 686 g/mol. The Morgan fingerprint density at radius 2 is 1.83 bits per heavy atom. The molecule has 262 valence electrons. The van der Waals surface area contributed by atoms with Gasteiger partial charge in [0.1, 0.15) is 17.2 Å². The van der Waals surface area contributed by atoms with Gasteiger partial charge < -0.3 is 14.8 Å². The van der Waals surface area contributed by atoms with Crippen LogP contribution in [0.25, 0.3) is 0 Å². The second-order valence-electron chi connectivity index (χ2n) is 13.5. The number of alkyl carbamates (subject to hydrolysis) is 1. The Morgan fingerprint density at radius 1 is 1.08 bits per heavy atom. The molecule has 0 aliphatic carbocycles. The van der Waals surface area contributed by atoms with E-state index in [1.54, 1.807) is 17.3 Å². The first kappa shape index (κ1) is 37.3. The molecule has 3 aromatic carbocycles. The van der Waals surface area contributed by atoms with E-state index in [-0.39, 0.29) is 31.1 Å². The summed E-state index contributed by atoms with van der Waals surface area (Å²) in [6.45, 7) is 12.4. The number of hydrogen-bond donors (Lipinski definition) is 3. The Balaban J connectivity index is 1.56. The van der Waals surface area contributed by atoms with Crippen molar-refractivity contribution in [2.45, 2.75) is 90.2 Å². The molecular weight excluding hydrogens is 638 g/mol. The lowest BCUT2D eigenvalue weighted by Crippen LogP contribution is -2.33.